The lowest BCUT2D eigenvalue weighted by molar-refractivity contribution is 0.0724. The highest BCUT2D eigenvalue weighted by Gasteiger charge is 2.40. The molecule has 0 radical (unpaired) electrons. The van der Waals surface area contributed by atoms with E-state index in [1.807, 2.05) is 84.9 Å². The summed E-state index contributed by atoms with van der Waals surface area (Å²) in [7, 11) is 0. The Balaban J connectivity index is 0.000000239. The van der Waals surface area contributed by atoms with Crippen molar-refractivity contribution in [2.45, 2.75) is 274 Å². The quantitative estimate of drug-likeness (QED) is 0.0903. The summed E-state index contributed by atoms with van der Waals surface area (Å²) in [5.74, 6) is -0.734. The van der Waals surface area contributed by atoms with E-state index in [1.54, 1.807) is 30.3 Å². The van der Waals surface area contributed by atoms with Crippen LogP contribution >= 0.6 is 0 Å². The van der Waals surface area contributed by atoms with Crippen LogP contribution in [0.15, 0.2) is 176 Å². The van der Waals surface area contributed by atoms with Crippen molar-refractivity contribution in [1.29, 1.82) is 0 Å². The topological polar surface area (TPSA) is 169 Å². The normalized spacial score (nSPS) is 15.2. The summed E-state index contributed by atoms with van der Waals surface area (Å²) in [6.45, 7) is 48.6. The Labute approximate surface area is 714 Å². The number of aryl methyl sites for hydroxylation is 10. The lowest BCUT2D eigenvalue weighted by Gasteiger charge is -2.40. The van der Waals surface area contributed by atoms with Gasteiger partial charge in [0, 0.05) is 55.8 Å². The van der Waals surface area contributed by atoms with Crippen LogP contribution in [0.4, 0.5) is 22.7 Å². The largest absolute Gasteiger partial charge is 0.423 e. The van der Waals surface area contributed by atoms with Gasteiger partial charge in [0.05, 0.1) is 11.1 Å². The number of hydrogen-bond acceptors (Lipinski definition) is 8. The van der Waals surface area contributed by atoms with Gasteiger partial charge in [0.2, 0.25) is 0 Å². The first-order valence-electron chi connectivity index (χ1n) is 43.2. The standard InChI is InChI=1S/C64H72N4O4.C44H54O4/c1-37-25-50-26-38(2)54(37)65-58(69)45-19-18-20-46(33-45)59(70)66-55-39(3)27-51(28-40(55)4)64(23-16-13-17-24-64)53-31-43(7)57(44(8)32-53)68-61(72)48-34-47(35-49(36-48)62(9,10)11)60(71)67-56-41(5)29-52(30-42(56)6)63(50)21-14-12-15-22-63;1-41(2,3)33-23-31(24-34(27-33)42(4,5)6)39(45)47-37-19-15-29(16-20-37)13-14-30-17-21-38(22-18-30)48-40(46)32-25-35(43(7,8)9)28-36(26-32)44(10,11)12/h18-20,25-36H,12-17,21-24H2,1-11H3,(H,65,69)(H,66,70)(H,67,71)(H,68,72);15-28H,13-14H2,1-12H3. The van der Waals surface area contributed by atoms with E-state index in [0.29, 0.717) is 44.9 Å². The highest BCUT2D eigenvalue weighted by atomic mass is 16.5. The number of benzene rings is 10. The summed E-state index contributed by atoms with van der Waals surface area (Å²) in [6.07, 6.45) is 12.3. The summed E-state index contributed by atoms with van der Waals surface area (Å²) in [4.78, 5) is 83.7. The maximum Gasteiger partial charge on any atom is 0.343 e. The number of nitrogens with one attached hydrogen (secondary N) is 4. The Kier molecular flexibility index (Phi) is 25.5. The lowest BCUT2D eigenvalue weighted by atomic mass is 9.64. The summed E-state index contributed by atoms with van der Waals surface area (Å²) in [5.41, 5.74) is 24.9. The Bertz CT molecular complexity index is 5120. The summed E-state index contributed by atoms with van der Waals surface area (Å²) >= 11 is 0. The van der Waals surface area contributed by atoms with E-state index in [4.69, 9.17) is 9.47 Å². The molecule has 10 aliphatic heterocycles. The number of rotatable bonds is 7. The van der Waals surface area contributed by atoms with E-state index >= 15 is 0 Å². The van der Waals surface area contributed by atoms with Crippen LogP contribution in [0, 0.1) is 55.4 Å². The first-order valence-corrected chi connectivity index (χ1v) is 43.2. The van der Waals surface area contributed by atoms with E-state index < -0.39 is 0 Å². The van der Waals surface area contributed by atoms with Gasteiger partial charge in [-0.3, -0.25) is 19.2 Å². The molecule has 0 unspecified atom stereocenters. The molecule has 4 N–H and O–H groups in total. The van der Waals surface area contributed by atoms with Crippen molar-refractivity contribution in [3.05, 3.63) is 315 Å². The van der Waals surface area contributed by atoms with Crippen molar-refractivity contribution in [2.24, 2.45) is 0 Å². The van der Waals surface area contributed by atoms with Gasteiger partial charge in [-0.1, -0.05) is 233 Å². The average molecular weight is 1610 g/mol. The van der Waals surface area contributed by atoms with Gasteiger partial charge in [0.1, 0.15) is 11.5 Å². The molecule has 2 fully saturated rings. The second-order valence-electron chi connectivity index (χ2n) is 39.8. The zero-order valence-electron chi connectivity index (χ0n) is 75.5. The molecule has 12 nitrogen and oxygen atoms in total. The zero-order valence-corrected chi connectivity index (χ0v) is 75.5. The van der Waals surface area contributed by atoms with Crippen LogP contribution in [0.2, 0.25) is 0 Å². The van der Waals surface area contributed by atoms with Gasteiger partial charge >= 0.3 is 11.9 Å². The predicted octanol–water partition coefficient (Wildman–Crippen LogP) is 26.4. The van der Waals surface area contributed by atoms with E-state index in [0.717, 1.165) is 170 Å². The van der Waals surface area contributed by atoms with E-state index in [1.165, 1.54) is 35.1 Å². The smallest absolute Gasteiger partial charge is 0.343 e. The summed E-state index contributed by atoms with van der Waals surface area (Å²) in [6, 6.07) is 58.0. The summed E-state index contributed by atoms with van der Waals surface area (Å²) < 4.78 is 11.6. The predicted molar refractivity (Wildman–Crippen MR) is 493 cm³/mol. The van der Waals surface area contributed by atoms with Crippen LogP contribution in [-0.4, -0.2) is 35.6 Å². The molecule has 0 saturated heterocycles. The molecule has 12 aliphatic rings. The SMILES string of the molecule is CC(C)(C)c1cc(C(=O)Oc2ccc(CCc3ccc(OC(=O)c4cc(C(C)(C)C)cc(C(C)(C)C)c4)cc3)cc2)cc(C(C)(C)C)c1.Cc1cc2cc(C)c1NC(=O)c1cccc(c1)C(=O)Nc1c(C)cc(cc1C)C1(CCCCC1)c1cc(C)c(c(C)c1)NC(=O)c1cc(cc(C(C)(C)C)c1)C(=O)Nc1c(C)cc(cc1C)C21CCCCC1. The molecule has 2 saturated carbocycles. The number of ether oxygens (including phenoxy) is 2. The fraction of sp³-hybridized carbons (Fsp3) is 0.389. The molecular weight excluding hydrogens is 1480 g/mol. The molecule has 0 aromatic heterocycles. The number of carbonyl (C=O) groups excluding carboxylic acids is 6. The van der Waals surface area contributed by atoms with Crippen LogP contribution in [0.1, 0.15) is 336 Å². The van der Waals surface area contributed by atoms with Crippen molar-refractivity contribution in [3.8, 4) is 11.5 Å². The van der Waals surface area contributed by atoms with Gasteiger partial charge in [-0.15, -0.1) is 0 Å². The molecule has 12 heteroatoms. The highest BCUT2D eigenvalue weighted by Crippen LogP contribution is 2.50. The molecule has 4 amide bonds. The first kappa shape index (κ1) is 88.3. The number of esters is 2. The fourth-order valence-electron chi connectivity index (χ4n) is 17.7. The zero-order chi connectivity index (χ0) is 87.1. The molecule has 0 atom stereocenters. The van der Waals surface area contributed by atoms with Gasteiger partial charge in [0.15, 0.2) is 0 Å². The third-order valence-corrected chi connectivity index (χ3v) is 25.2. The van der Waals surface area contributed by atoms with Crippen LogP contribution in [0.3, 0.4) is 0 Å². The molecule has 2 spiro atoms. The third-order valence-electron chi connectivity index (χ3n) is 25.2. The second-order valence-corrected chi connectivity index (χ2v) is 39.8. The van der Waals surface area contributed by atoms with Gasteiger partial charge < -0.3 is 30.7 Å². The minimum Gasteiger partial charge on any atom is -0.423 e. The molecule has 10 aromatic carbocycles. The van der Waals surface area contributed by atoms with Crippen molar-refractivity contribution < 1.29 is 38.2 Å². The molecule has 120 heavy (non-hydrogen) atoms. The van der Waals surface area contributed by atoms with Crippen LogP contribution in [0.25, 0.3) is 0 Å². The fourth-order valence-corrected chi connectivity index (χ4v) is 17.7. The van der Waals surface area contributed by atoms with Crippen LogP contribution < -0.4 is 30.7 Å². The Morgan fingerprint density at radius 1 is 0.292 bits per heavy atom. The van der Waals surface area contributed by atoms with E-state index in [2.05, 4.69) is 241 Å². The average Bonchev–Trinajstić information content (AvgIpc) is 0.751. The maximum absolute atomic E-state index is 14.5. The molecule has 22 rings (SSSR count). The monoisotopic (exact) mass is 1610 g/mol. The highest BCUT2D eigenvalue weighted by molar-refractivity contribution is 6.11. The minimum absolute atomic E-state index is 0.0855. The van der Waals surface area contributed by atoms with Crippen molar-refractivity contribution in [1.82, 2.24) is 0 Å². The molecule has 626 valence electrons. The number of carbonyl (C=O) groups is 6. The van der Waals surface area contributed by atoms with E-state index in [9.17, 15) is 28.8 Å². The Morgan fingerprint density at radius 3 is 0.775 bits per heavy atom. The summed E-state index contributed by atoms with van der Waals surface area (Å²) in [5, 5.41) is 13.0. The number of anilines is 4. The van der Waals surface area contributed by atoms with Crippen molar-refractivity contribution in [3.63, 3.8) is 0 Å². The Hall–Kier alpha value is -11.0. The number of hydrogen-bond donors (Lipinski definition) is 4. The lowest BCUT2D eigenvalue weighted by Crippen LogP contribution is -2.31. The molecular formula is C108H126N4O8. The molecule has 10 heterocycles. The second kappa shape index (κ2) is 34.6. The third kappa shape index (κ3) is 19.9. The molecule has 12 bridgehead atoms. The first-order chi connectivity index (χ1) is 56.3. The van der Waals surface area contributed by atoms with Gasteiger partial charge in [0.25, 0.3) is 23.6 Å². The maximum atomic E-state index is 14.5. The van der Waals surface area contributed by atoms with Crippen LogP contribution in [-0.2, 0) is 50.7 Å². The van der Waals surface area contributed by atoms with Crippen molar-refractivity contribution >= 4 is 58.3 Å². The van der Waals surface area contributed by atoms with E-state index in [-0.39, 0.29) is 73.5 Å². The van der Waals surface area contributed by atoms with Gasteiger partial charge in [-0.05, 0) is 312 Å². The van der Waals surface area contributed by atoms with Crippen molar-refractivity contribution in [2.75, 3.05) is 21.3 Å². The van der Waals surface area contributed by atoms with Crippen LogP contribution in [0.5, 0.6) is 11.5 Å². The van der Waals surface area contributed by atoms with Gasteiger partial charge in [-0.25, -0.2) is 9.59 Å². The molecule has 10 aromatic rings. The molecule has 2 aliphatic carbocycles. The van der Waals surface area contributed by atoms with Gasteiger partial charge in [-0.2, -0.15) is 0 Å². The number of amides is 4. The Morgan fingerprint density at radius 2 is 0.525 bits per heavy atom. The minimum atomic E-state index is -0.350.